The number of amidine groups is 1. The number of hydrogen-bond donors (Lipinski definition) is 1. The van der Waals surface area contributed by atoms with Gasteiger partial charge in [0.15, 0.2) is 24.8 Å². The maximum Gasteiger partial charge on any atom is 0.254 e. The average Bonchev–Trinajstić information content (AvgIpc) is 2.82. The fourth-order valence-electron chi connectivity index (χ4n) is 2.79. The molecule has 1 N–H and O–H groups in total. The topological polar surface area (TPSA) is 68.5 Å². The van der Waals surface area contributed by atoms with Crippen molar-refractivity contribution in [2.75, 3.05) is 33.6 Å². The van der Waals surface area contributed by atoms with Gasteiger partial charge in [-0.05, 0) is 12.1 Å². The minimum absolute atomic E-state index is 0.0449. The number of aliphatic imine (C=N–C) groups is 1. The second-order valence-corrected chi connectivity index (χ2v) is 7.13. The minimum Gasteiger partial charge on any atom is -0.346 e. The molecule has 0 saturated carbocycles. The molecule has 0 bridgehead atoms. The lowest BCUT2D eigenvalue weighted by atomic mass is 10.1. The van der Waals surface area contributed by atoms with E-state index in [0.717, 1.165) is 10.7 Å². The van der Waals surface area contributed by atoms with Crippen molar-refractivity contribution in [1.29, 1.82) is 0 Å². The van der Waals surface area contributed by atoms with Gasteiger partial charge in [-0.3, -0.25) is 9.78 Å². The highest BCUT2D eigenvalue weighted by Gasteiger charge is 2.56. The summed E-state index contributed by atoms with van der Waals surface area (Å²) in [5.74, 6) is 0.0449. The number of nitrogens with zero attached hydrogens (tertiary/aromatic N) is 3. The predicted octanol–water partition coefficient (Wildman–Crippen LogP) is -0.759. The quantitative estimate of drug-likeness (QED) is 0.736. The monoisotopic (exact) mass is 321 g/mol. The molecule has 2 saturated heterocycles. The zero-order valence-corrected chi connectivity index (χ0v) is 13.0. The van der Waals surface area contributed by atoms with Gasteiger partial charge >= 0.3 is 0 Å². The number of rotatable bonds is 1. The van der Waals surface area contributed by atoms with E-state index < -0.39 is 11.0 Å². The summed E-state index contributed by atoms with van der Waals surface area (Å²) in [5.41, 5.74) is 0.916. The Hall–Kier alpha value is -1.48. The lowest BCUT2D eigenvalue weighted by Crippen LogP contribution is -3.11. The summed E-state index contributed by atoms with van der Waals surface area (Å²) in [6, 6.07) is 3.72. The van der Waals surface area contributed by atoms with Crippen molar-refractivity contribution in [3.05, 3.63) is 30.1 Å². The molecular formula is C14H17N4O3S+. The van der Waals surface area contributed by atoms with Gasteiger partial charge in [0.2, 0.25) is 0 Å². The molecule has 1 atom stereocenters. The van der Waals surface area contributed by atoms with E-state index >= 15 is 0 Å². The van der Waals surface area contributed by atoms with Gasteiger partial charge in [0.05, 0.1) is 20.3 Å². The van der Waals surface area contributed by atoms with Crippen LogP contribution >= 0.6 is 11.8 Å². The van der Waals surface area contributed by atoms with E-state index in [9.17, 15) is 4.79 Å². The number of pyridine rings is 1. The van der Waals surface area contributed by atoms with Crippen molar-refractivity contribution in [2.45, 2.75) is 11.0 Å². The maximum atomic E-state index is 12.7. The summed E-state index contributed by atoms with van der Waals surface area (Å²) >= 11 is 1.48. The first-order valence-corrected chi connectivity index (χ1v) is 7.99. The Balaban J connectivity index is 1.50. The third kappa shape index (κ3) is 2.23. The van der Waals surface area contributed by atoms with Crippen molar-refractivity contribution < 1.29 is 19.2 Å². The van der Waals surface area contributed by atoms with E-state index in [1.165, 1.54) is 16.7 Å². The van der Waals surface area contributed by atoms with Crippen LogP contribution in [0.1, 0.15) is 11.9 Å². The molecule has 1 unspecified atom stereocenters. The normalized spacial score (nSPS) is 34.7. The third-order valence-electron chi connectivity index (χ3n) is 3.98. The fourth-order valence-corrected chi connectivity index (χ4v) is 3.98. The first kappa shape index (κ1) is 14.1. The van der Waals surface area contributed by atoms with Gasteiger partial charge in [0.1, 0.15) is 4.75 Å². The molecule has 1 aromatic rings. The van der Waals surface area contributed by atoms with Crippen LogP contribution in [0.2, 0.25) is 0 Å². The number of aromatic nitrogens is 1. The summed E-state index contributed by atoms with van der Waals surface area (Å²) < 4.78 is 11.0. The molecule has 0 aliphatic carbocycles. The lowest BCUT2D eigenvalue weighted by Gasteiger charge is -2.34. The molecule has 1 spiro atoms. The van der Waals surface area contributed by atoms with Crippen LogP contribution in [0.3, 0.4) is 0 Å². The zero-order chi connectivity index (χ0) is 15.2. The van der Waals surface area contributed by atoms with Gasteiger partial charge in [-0.2, -0.15) is 0 Å². The van der Waals surface area contributed by atoms with Crippen molar-refractivity contribution in [1.82, 2.24) is 9.88 Å². The van der Waals surface area contributed by atoms with E-state index in [1.54, 1.807) is 17.3 Å². The number of carbonyl (C=O) groups excluding carboxylic acids is 1. The molecule has 3 aliphatic rings. The second kappa shape index (κ2) is 5.31. The van der Waals surface area contributed by atoms with Crippen LogP contribution in [0.5, 0.6) is 0 Å². The van der Waals surface area contributed by atoms with E-state index in [0.29, 0.717) is 26.6 Å². The molecule has 1 aromatic heterocycles. The smallest absolute Gasteiger partial charge is 0.254 e. The van der Waals surface area contributed by atoms with Gasteiger partial charge in [-0.15, -0.1) is 0 Å². The lowest BCUT2D eigenvalue weighted by molar-refractivity contribution is -0.888. The van der Waals surface area contributed by atoms with Crippen LogP contribution in [-0.4, -0.2) is 59.3 Å². The molecular weight excluding hydrogens is 304 g/mol. The number of hydrogen-bond acceptors (Lipinski definition) is 6. The number of nitrogens with one attached hydrogen (secondary N) is 1. The Bertz CT molecular complexity index is 616. The minimum atomic E-state index is -0.688. The summed E-state index contributed by atoms with van der Waals surface area (Å²) in [6.45, 7) is 2.01. The van der Waals surface area contributed by atoms with Crippen LogP contribution in [0.15, 0.2) is 29.5 Å². The van der Waals surface area contributed by atoms with Gasteiger partial charge in [-0.25, -0.2) is 9.89 Å². The van der Waals surface area contributed by atoms with E-state index in [2.05, 4.69) is 9.98 Å². The second-order valence-electron chi connectivity index (χ2n) is 5.78. The van der Waals surface area contributed by atoms with Gasteiger partial charge in [0, 0.05) is 18.0 Å². The fraction of sp³-hybridized carbons (Fsp3) is 0.500. The number of quaternary nitrogens is 1. The van der Waals surface area contributed by atoms with Gasteiger partial charge in [0.25, 0.3) is 5.91 Å². The molecule has 8 heteroatoms. The highest BCUT2D eigenvalue weighted by Crippen LogP contribution is 2.42. The predicted molar refractivity (Wildman–Crippen MR) is 80.1 cm³/mol. The van der Waals surface area contributed by atoms with Crippen molar-refractivity contribution in [3.63, 3.8) is 0 Å². The molecule has 4 heterocycles. The van der Waals surface area contributed by atoms with Crippen molar-refractivity contribution >= 4 is 22.8 Å². The number of carbonyl (C=O) groups is 1. The molecule has 116 valence electrons. The number of amides is 1. The average molecular weight is 321 g/mol. The standard InChI is InChI=1S/C14H16N4O3S/c1-17-8-16-13-18(9-17)12(19)14(22-13)6-20-11(21-7-14)10-2-4-15-5-3-10/h2-5,11H,6-9H2,1H3/p+1. The molecule has 4 rings (SSSR count). The Kier molecular flexibility index (Phi) is 3.41. The summed E-state index contributed by atoms with van der Waals surface area (Å²) in [4.78, 5) is 24.2. The largest absolute Gasteiger partial charge is 0.346 e. The Morgan fingerprint density at radius 2 is 2.09 bits per heavy atom. The number of thioether (sulfide) groups is 1. The Labute approximate surface area is 132 Å². The molecule has 2 fully saturated rings. The molecule has 7 nitrogen and oxygen atoms in total. The van der Waals surface area contributed by atoms with Crippen LogP contribution in [-0.2, 0) is 14.3 Å². The van der Waals surface area contributed by atoms with Crippen LogP contribution in [0, 0.1) is 0 Å². The molecule has 3 aliphatic heterocycles. The van der Waals surface area contributed by atoms with E-state index in [4.69, 9.17) is 9.47 Å². The first-order chi connectivity index (χ1) is 10.7. The summed E-state index contributed by atoms with van der Waals surface area (Å²) in [5, 5.41) is 0.796. The molecule has 0 radical (unpaired) electrons. The van der Waals surface area contributed by atoms with Crippen molar-refractivity contribution in [3.8, 4) is 0 Å². The van der Waals surface area contributed by atoms with Crippen LogP contribution in [0.4, 0.5) is 0 Å². The Morgan fingerprint density at radius 3 is 2.82 bits per heavy atom. The number of fused-ring (bicyclic) bond motifs is 1. The SMILES string of the molecule is C[NH+]1CN=C2SC3(COC(c4ccncc4)OC3)C(=O)N2C1. The molecule has 22 heavy (non-hydrogen) atoms. The molecule has 1 amide bonds. The van der Waals surface area contributed by atoms with Crippen LogP contribution < -0.4 is 4.90 Å². The van der Waals surface area contributed by atoms with Crippen molar-refractivity contribution in [2.24, 2.45) is 4.99 Å². The maximum absolute atomic E-state index is 12.7. The van der Waals surface area contributed by atoms with Gasteiger partial charge < -0.3 is 14.4 Å². The number of ether oxygens (including phenoxy) is 2. The highest BCUT2D eigenvalue weighted by atomic mass is 32.2. The van der Waals surface area contributed by atoms with E-state index in [-0.39, 0.29) is 5.91 Å². The van der Waals surface area contributed by atoms with Gasteiger partial charge in [-0.1, -0.05) is 11.8 Å². The highest BCUT2D eigenvalue weighted by molar-refractivity contribution is 8.16. The first-order valence-electron chi connectivity index (χ1n) is 7.18. The Morgan fingerprint density at radius 1 is 1.36 bits per heavy atom. The third-order valence-corrected chi connectivity index (χ3v) is 5.31. The summed E-state index contributed by atoms with van der Waals surface area (Å²) in [7, 11) is 2.02. The van der Waals surface area contributed by atoms with E-state index in [1.807, 2.05) is 19.2 Å². The molecule has 0 aromatic carbocycles. The van der Waals surface area contributed by atoms with Crippen LogP contribution in [0.25, 0.3) is 0 Å². The summed E-state index contributed by atoms with van der Waals surface area (Å²) in [6.07, 6.45) is 2.97. The zero-order valence-electron chi connectivity index (χ0n) is 12.2.